The number of hydrogen-bond acceptors (Lipinski definition) is 3. The van der Waals surface area contributed by atoms with E-state index in [1.165, 1.54) is 24.3 Å². The molecule has 84 valence electrons. The molecule has 0 bridgehead atoms. The fourth-order valence-corrected chi connectivity index (χ4v) is 2.83. The van der Waals surface area contributed by atoms with E-state index in [2.05, 4.69) is 17.1 Å². The highest BCUT2D eigenvalue weighted by atomic mass is 32.2. The zero-order valence-electron chi connectivity index (χ0n) is 9.38. The lowest BCUT2D eigenvalue weighted by molar-refractivity contribution is 0.0548. The average molecular weight is 217 g/mol. The molecule has 2 N–H and O–H groups in total. The van der Waals surface area contributed by atoms with Gasteiger partial charge >= 0.3 is 0 Å². The lowest BCUT2D eigenvalue weighted by Gasteiger charge is -2.25. The molecule has 1 unspecified atom stereocenters. The van der Waals surface area contributed by atoms with Crippen LogP contribution in [-0.2, 0) is 0 Å². The van der Waals surface area contributed by atoms with E-state index in [1.807, 2.05) is 13.8 Å². The van der Waals surface area contributed by atoms with Crippen molar-refractivity contribution in [1.29, 1.82) is 0 Å². The summed E-state index contributed by atoms with van der Waals surface area (Å²) < 4.78 is 0. The fourth-order valence-electron chi connectivity index (χ4n) is 1.62. The molecule has 14 heavy (non-hydrogen) atoms. The fraction of sp³-hybridized carbons (Fsp3) is 1.00. The summed E-state index contributed by atoms with van der Waals surface area (Å²) in [4.78, 5) is 0. The second-order valence-electron chi connectivity index (χ2n) is 4.54. The van der Waals surface area contributed by atoms with Gasteiger partial charge < -0.3 is 10.4 Å². The third kappa shape index (κ3) is 4.67. The van der Waals surface area contributed by atoms with Crippen LogP contribution in [0.4, 0.5) is 0 Å². The predicted molar refractivity (Wildman–Crippen MR) is 63.8 cm³/mol. The molecule has 1 atom stereocenters. The van der Waals surface area contributed by atoms with Gasteiger partial charge in [0.05, 0.1) is 5.60 Å². The van der Waals surface area contributed by atoms with E-state index in [4.69, 9.17) is 0 Å². The van der Waals surface area contributed by atoms with Gasteiger partial charge in [-0.3, -0.25) is 0 Å². The minimum atomic E-state index is -0.524. The quantitative estimate of drug-likeness (QED) is 0.737. The highest BCUT2D eigenvalue weighted by molar-refractivity contribution is 7.99. The van der Waals surface area contributed by atoms with Gasteiger partial charge in [-0.25, -0.2) is 0 Å². The minimum absolute atomic E-state index is 0.524. The Bertz CT molecular complexity index is 155. The average Bonchev–Trinajstić information content (AvgIpc) is 2.19. The molecule has 3 heteroatoms. The molecule has 1 aliphatic heterocycles. The van der Waals surface area contributed by atoms with Crippen LogP contribution in [0.15, 0.2) is 0 Å². The summed E-state index contributed by atoms with van der Waals surface area (Å²) in [7, 11) is 0. The predicted octanol–water partition coefficient (Wildman–Crippen LogP) is 1.88. The molecule has 0 radical (unpaired) electrons. The number of rotatable bonds is 5. The first-order valence-electron chi connectivity index (χ1n) is 5.65. The second kappa shape index (κ2) is 5.99. The Morgan fingerprint density at radius 2 is 2.07 bits per heavy atom. The first-order chi connectivity index (χ1) is 6.64. The van der Waals surface area contributed by atoms with E-state index in [-0.39, 0.29) is 0 Å². The molecule has 0 aromatic rings. The monoisotopic (exact) mass is 217 g/mol. The number of nitrogens with one attached hydrogen (secondary N) is 1. The van der Waals surface area contributed by atoms with Gasteiger partial charge in [-0.1, -0.05) is 6.92 Å². The van der Waals surface area contributed by atoms with Gasteiger partial charge in [-0.05, 0) is 50.2 Å². The van der Waals surface area contributed by atoms with Crippen molar-refractivity contribution in [2.75, 3.05) is 24.6 Å². The lowest BCUT2D eigenvalue weighted by Crippen LogP contribution is -2.39. The maximum Gasteiger partial charge on any atom is 0.0740 e. The smallest absolute Gasteiger partial charge is 0.0740 e. The zero-order valence-corrected chi connectivity index (χ0v) is 10.2. The van der Waals surface area contributed by atoms with Crippen LogP contribution in [0.25, 0.3) is 0 Å². The standard InChI is InChI=1S/C11H23NOS/c1-3-11(2,13)9-12-8-10-4-6-14-7-5-10/h10,12-13H,3-9H2,1-2H3. The van der Waals surface area contributed by atoms with E-state index in [1.54, 1.807) is 0 Å². The van der Waals surface area contributed by atoms with Crippen molar-refractivity contribution >= 4 is 11.8 Å². The summed E-state index contributed by atoms with van der Waals surface area (Å²) in [6, 6.07) is 0. The minimum Gasteiger partial charge on any atom is -0.389 e. The van der Waals surface area contributed by atoms with Crippen molar-refractivity contribution in [3.63, 3.8) is 0 Å². The molecule has 1 rings (SSSR count). The molecular weight excluding hydrogens is 194 g/mol. The molecule has 1 saturated heterocycles. The van der Waals surface area contributed by atoms with Gasteiger partial charge in [0.2, 0.25) is 0 Å². The molecule has 0 aromatic carbocycles. The Balaban J connectivity index is 2.08. The van der Waals surface area contributed by atoms with Gasteiger partial charge in [-0.15, -0.1) is 0 Å². The Labute approximate surface area is 91.9 Å². The highest BCUT2D eigenvalue weighted by Crippen LogP contribution is 2.21. The Morgan fingerprint density at radius 1 is 1.43 bits per heavy atom. The maximum atomic E-state index is 9.79. The topological polar surface area (TPSA) is 32.3 Å². The largest absolute Gasteiger partial charge is 0.389 e. The molecule has 0 aromatic heterocycles. The van der Waals surface area contributed by atoms with Crippen LogP contribution in [0.3, 0.4) is 0 Å². The van der Waals surface area contributed by atoms with Crippen LogP contribution in [0, 0.1) is 5.92 Å². The van der Waals surface area contributed by atoms with Crippen LogP contribution in [0.5, 0.6) is 0 Å². The summed E-state index contributed by atoms with van der Waals surface area (Å²) in [5.41, 5.74) is -0.524. The first kappa shape index (κ1) is 12.3. The van der Waals surface area contributed by atoms with E-state index >= 15 is 0 Å². The van der Waals surface area contributed by atoms with Gasteiger partial charge in [0.1, 0.15) is 0 Å². The normalized spacial score (nSPS) is 23.4. The first-order valence-corrected chi connectivity index (χ1v) is 6.80. The Kier molecular flexibility index (Phi) is 5.28. The number of aliphatic hydroxyl groups is 1. The summed E-state index contributed by atoms with van der Waals surface area (Å²) in [5, 5.41) is 13.2. The molecule has 1 heterocycles. The third-order valence-corrected chi connectivity index (χ3v) is 4.09. The number of thioether (sulfide) groups is 1. The van der Waals surface area contributed by atoms with E-state index < -0.39 is 5.60 Å². The number of hydrogen-bond donors (Lipinski definition) is 2. The van der Waals surface area contributed by atoms with Crippen molar-refractivity contribution in [2.24, 2.45) is 5.92 Å². The van der Waals surface area contributed by atoms with Crippen molar-refractivity contribution in [3.05, 3.63) is 0 Å². The molecule has 0 amide bonds. The van der Waals surface area contributed by atoms with Crippen molar-refractivity contribution < 1.29 is 5.11 Å². The summed E-state index contributed by atoms with van der Waals surface area (Å²) in [6.45, 7) is 5.74. The van der Waals surface area contributed by atoms with Crippen molar-refractivity contribution in [3.8, 4) is 0 Å². The van der Waals surface area contributed by atoms with Crippen LogP contribution in [0.2, 0.25) is 0 Å². The molecule has 1 fully saturated rings. The zero-order chi connectivity index (χ0) is 10.4. The molecule has 0 aliphatic carbocycles. The van der Waals surface area contributed by atoms with Gasteiger partial charge in [0.25, 0.3) is 0 Å². The van der Waals surface area contributed by atoms with Crippen molar-refractivity contribution in [2.45, 2.75) is 38.7 Å². The Morgan fingerprint density at radius 3 is 2.64 bits per heavy atom. The molecule has 0 saturated carbocycles. The van der Waals surface area contributed by atoms with Gasteiger partial charge in [0.15, 0.2) is 0 Å². The van der Waals surface area contributed by atoms with E-state index in [0.717, 1.165) is 25.4 Å². The third-order valence-electron chi connectivity index (χ3n) is 3.04. The lowest BCUT2D eigenvalue weighted by atomic mass is 10.0. The maximum absolute atomic E-state index is 9.79. The van der Waals surface area contributed by atoms with Crippen LogP contribution in [-0.4, -0.2) is 35.3 Å². The van der Waals surface area contributed by atoms with Crippen LogP contribution in [0.1, 0.15) is 33.1 Å². The van der Waals surface area contributed by atoms with E-state index in [0.29, 0.717) is 0 Å². The summed E-state index contributed by atoms with van der Waals surface area (Å²) in [6.07, 6.45) is 3.50. The van der Waals surface area contributed by atoms with Crippen LogP contribution >= 0.6 is 11.8 Å². The molecule has 1 aliphatic rings. The SMILES string of the molecule is CCC(C)(O)CNCC1CCSCC1. The van der Waals surface area contributed by atoms with Crippen molar-refractivity contribution in [1.82, 2.24) is 5.32 Å². The Hall–Kier alpha value is 0.270. The summed E-state index contributed by atoms with van der Waals surface area (Å²) in [5.74, 6) is 3.47. The molecular formula is C11H23NOS. The second-order valence-corrected chi connectivity index (χ2v) is 5.76. The molecule has 0 spiro atoms. The van der Waals surface area contributed by atoms with Gasteiger partial charge in [-0.2, -0.15) is 11.8 Å². The van der Waals surface area contributed by atoms with E-state index in [9.17, 15) is 5.11 Å². The van der Waals surface area contributed by atoms with Gasteiger partial charge in [0, 0.05) is 6.54 Å². The molecule has 2 nitrogen and oxygen atoms in total. The van der Waals surface area contributed by atoms with Crippen LogP contribution < -0.4 is 5.32 Å². The summed E-state index contributed by atoms with van der Waals surface area (Å²) >= 11 is 2.07. The highest BCUT2D eigenvalue weighted by Gasteiger charge is 2.18.